The van der Waals surface area contributed by atoms with E-state index in [0.29, 0.717) is 12.8 Å². The lowest BCUT2D eigenvalue weighted by Crippen LogP contribution is -2.47. The van der Waals surface area contributed by atoms with Crippen molar-refractivity contribution in [1.82, 2.24) is 19.7 Å². The van der Waals surface area contributed by atoms with Crippen molar-refractivity contribution in [2.75, 3.05) is 20.2 Å². The molecule has 2 aromatic heterocycles. The number of pyridine rings is 1. The number of carbonyl (C=O) groups is 3. The Bertz CT molecular complexity index is 1300. The number of halogens is 5. The fraction of sp³-hybridized carbons (Fsp3) is 0.593. The second-order valence-electron chi connectivity index (χ2n) is 11.1. The number of amides is 1. The van der Waals surface area contributed by atoms with Crippen LogP contribution in [0.5, 0.6) is 0 Å². The van der Waals surface area contributed by atoms with Crippen molar-refractivity contribution >= 4 is 40.9 Å². The normalized spacial score (nSPS) is 22.5. The average molecular weight is 619 g/mol. The van der Waals surface area contributed by atoms with Crippen molar-refractivity contribution in [3.63, 3.8) is 0 Å². The average Bonchev–Trinajstić information content (AvgIpc) is 3.56. The van der Waals surface area contributed by atoms with E-state index in [2.05, 4.69) is 10.1 Å². The van der Waals surface area contributed by atoms with Crippen LogP contribution in [0.3, 0.4) is 0 Å². The summed E-state index contributed by atoms with van der Waals surface area (Å²) < 4.78 is 50.1. The van der Waals surface area contributed by atoms with E-state index in [1.165, 1.54) is 19.5 Å². The number of ketones is 1. The van der Waals surface area contributed by atoms with Crippen LogP contribution in [-0.2, 0) is 15.7 Å². The third-order valence-corrected chi connectivity index (χ3v) is 8.97. The fourth-order valence-corrected chi connectivity index (χ4v) is 6.45. The molecule has 0 unspecified atom stereocenters. The Balaban J connectivity index is 1.70. The molecule has 2 aliphatic carbocycles. The van der Waals surface area contributed by atoms with Gasteiger partial charge in [0.15, 0.2) is 11.5 Å². The molecule has 1 amide bonds. The Labute approximate surface area is 244 Å². The van der Waals surface area contributed by atoms with Gasteiger partial charge in [0.05, 0.1) is 57.5 Å². The third kappa shape index (κ3) is 6.39. The number of ether oxygens (including phenoxy) is 1. The number of hydrogen-bond acceptors (Lipinski definition) is 6. The Morgan fingerprint density at radius 3 is 2.20 bits per heavy atom. The van der Waals surface area contributed by atoms with Gasteiger partial charge >= 0.3 is 12.1 Å². The van der Waals surface area contributed by atoms with E-state index in [1.807, 2.05) is 0 Å². The standard InChI is InChI=1S/C27H31Cl2F3N4O5/c1-25(24(39)40)9-5-16(6-10-25)36-22(27(30,31)32)17(11-34-36)23(38)35(15-26(41-2)7-3-4-8-26)14-20(37)21-18(28)12-33-13-19(21)29/h11-13,16H,3-10,14-15H2,1-2H3,(H,39,40). The van der Waals surface area contributed by atoms with Crippen LogP contribution >= 0.6 is 23.2 Å². The number of rotatable bonds is 9. The molecule has 2 aliphatic rings. The number of alkyl halides is 3. The number of Topliss-reactive ketones (excluding diaryl/α,β-unsaturated/α-hetero) is 1. The lowest BCUT2D eigenvalue weighted by molar-refractivity contribution is -0.152. The summed E-state index contributed by atoms with van der Waals surface area (Å²) in [6, 6.07) is -0.745. The lowest BCUT2D eigenvalue weighted by atomic mass is 9.74. The molecule has 4 rings (SSSR count). The van der Waals surface area contributed by atoms with Gasteiger partial charge < -0.3 is 14.7 Å². The Morgan fingerprint density at radius 1 is 1.10 bits per heavy atom. The molecular weight excluding hydrogens is 588 g/mol. The van der Waals surface area contributed by atoms with Gasteiger partial charge in [0.1, 0.15) is 0 Å². The molecule has 0 saturated heterocycles. The molecule has 2 fully saturated rings. The summed E-state index contributed by atoms with van der Waals surface area (Å²) >= 11 is 12.3. The van der Waals surface area contributed by atoms with E-state index in [1.54, 1.807) is 6.92 Å². The Morgan fingerprint density at radius 2 is 1.68 bits per heavy atom. The lowest BCUT2D eigenvalue weighted by Gasteiger charge is -2.35. The number of carboxylic acids is 1. The van der Waals surface area contributed by atoms with Crippen LogP contribution in [0.1, 0.15) is 90.7 Å². The van der Waals surface area contributed by atoms with Crippen molar-refractivity contribution in [3.05, 3.63) is 45.5 Å². The highest BCUT2D eigenvalue weighted by Crippen LogP contribution is 2.44. The minimum Gasteiger partial charge on any atom is -0.481 e. The molecule has 0 radical (unpaired) electrons. The molecule has 224 valence electrons. The smallest absolute Gasteiger partial charge is 0.433 e. The topological polar surface area (TPSA) is 115 Å². The molecule has 2 aromatic rings. The second kappa shape index (κ2) is 11.9. The summed E-state index contributed by atoms with van der Waals surface area (Å²) in [7, 11) is 1.47. The van der Waals surface area contributed by atoms with Gasteiger partial charge in [0, 0.05) is 19.5 Å². The first-order valence-electron chi connectivity index (χ1n) is 13.3. The summed E-state index contributed by atoms with van der Waals surface area (Å²) in [6.45, 7) is 0.840. The zero-order chi connectivity index (χ0) is 30.2. The molecule has 2 heterocycles. The highest BCUT2D eigenvalue weighted by atomic mass is 35.5. The van der Waals surface area contributed by atoms with Gasteiger partial charge in [-0.05, 0) is 45.4 Å². The first-order chi connectivity index (χ1) is 19.2. The molecular formula is C27H31Cl2F3N4O5. The molecule has 41 heavy (non-hydrogen) atoms. The van der Waals surface area contributed by atoms with Crippen molar-refractivity contribution in [3.8, 4) is 0 Å². The summed E-state index contributed by atoms with van der Waals surface area (Å²) in [5.41, 5.74) is -3.89. The number of aliphatic carboxylic acids is 1. The molecule has 14 heteroatoms. The number of nitrogens with zero attached hydrogens (tertiary/aromatic N) is 4. The zero-order valence-electron chi connectivity index (χ0n) is 22.6. The SMILES string of the molecule is COC1(CN(CC(=O)c2c(Cl)cncc2Cl)C(=O)c2cnn(C3CCC(C)(C(=O)O)CC3)c2C(F)(F)F)CCCC1. The molecule has 0 aromatic carbocycles. The highest BCUT2D eigenvalue weighted by Gasteiger charge is 2.46. The molecule has 2 saturated carbocycles. The molecule has 0 bridgehead atoms. The largest absolute Gasteiger partial charge is 0.481 e. The van der Waals surface area contributed by atoms with Crippen molar-refractivity contribution in [2.24, 2.45) is 5.41 Å². The first kappa shape index (κ1) is 31.2. The maximum Gasteiger partial charge on any atom is 0.433 e. The van der Waals surface area contributed by atoms with E-state index in [9.17, 15) is 32.7 Å². The summed E-state index contributed by atoms with van der Waals surface area (Å²) in [6.07, 6.45) is 1.70. The zero-order valence-corrected chi connectivity index (χ0v) is 24.2. The number of carbonyl (C=O) groups excluding carboxylic acids is 2. The van der Waals surface area contributed by atoms with E-state index in [4.69, 9.17) is 27.9 Å². The van der Waals surface area contributed by atoms with Crippen LogP contribution in [0.15, 0.2) is 18.6 Å². The number of aromatic nitrogens is 3. The Hall–Kier alpha value is -2.70. The monoisotopic (exact) mass is 618 g/mol. The number of carboxylic acid groups (broad SMARTS) is 1. The van der Waals surface area contributed by atoms with Gasteiger partial charge in [-0.15, -0.1) is 0 Å². The molecule has 1 N–H and O–H groups in total. The minimum absolute atomic E-state index is 0.0494. The van der Waals surface area contributed by atoms with Crippen molar-refractivity contribution in [1.29, 1.82) is 0 Å². The van der Waals surface area contributed by atoms with E-state index in [0.717, 1.165) is 28.6 Å². The van der Waals surface area contributed by atoms with Gasteiger partial charge in [0.2, 0.25) is 0 Å². The third-order valence-electron chi connectivity index (χ3n) is 8.40. The van der Waals surface area contributed by atoms with Gasteiger partial charge in [-0.1, -0.05) is 36.0 Å². The van der Waals surface area contributed by atoms with Crippen LogP contribution in [-0.4, -0.2) is 68.2 Å². The minimum atomic E-state index is -4.95. The summed E-state index contributed by atoms with van der Waals surface area (Å²) in [5, 5.41) is 13.4. The van der Waals surface area contributed by atoms with E-state index in [-0.39, 0.29) is 47.8 Å². The van der Waals surface area contributed by atoms with Gasteiger partial charge in [-0.25, -0.2) is 0 Å². The maximum atomic E-state index is 14.5. The molecule has 0 atom stereocenters. The van der Waals surface area contributed by atoms with Crippen LogP contribution in [0.25, 0.3) is 0 Å². The predicted octanol–water partition coefficient (Wildman–Crippen LogP) is 6.09. The van der Waals surface area contributed by atoms with E-state index < -0.39 is 58.7 Å². The van der Waals surface area contributed by atoms with Crippen LogP contribution in [0, 0.1) is 5.41 Å². The molecule has 0 aliphatic heterocycles. The summed E-state index contributed by atoms with van der Waals surface area (Å²) in [5.74, 6) is -2.70. The Kier molecular flexibility index (Phi) is 9.06. The molecule has 9 nitrogen and oxygen atoms in total. The number of methoxy groups -OCH3 is 1. The predicted molar refractivity (Wildman–Crippen MR) is 143 cm³/mol. The highest BCUT2D eigenvalue weighted by molar-refractivity contribution is 6.39. The van der Waals surface area contributed by atoms with Gasteiger partial charge in [0.25, 0.3) is 5.91 Å². The van der Waals surface area contributed by atoms with Crippen LogP contribution < -0.4 is 0 Å². The van der Waals surface area contributed by atoms with Crippen molar-refractivity contribution < 1.29 is 37.4 Å². The van der Waals surface area contributed by atoms with Gasteiger partial charge in [-0.3, -0.25) is 24.0 Å². The maximum absolute atomic E-state index is 14.5. The van der Waals surface area contributed by atoms with Crippen molar-refractivity contribution in [2.45, 2.75) is 76.1 Å². The quantitative estimate of drug-likeness (QED) is 0.338. The van der Waals surface area contributed by atoms with Crippen LogP contribution in [0.2, 0.25) is 10.0 Å². The second-order valence-corrected chi connectivity index (χ2v) is 11.9. The van der Waals surface area contributed by atoms with E-state index >= 15 is 0 Å². The summed E-state index contributed by atoms with van der Waals surface area (Å²) in [4.78, 5) is 43.7. The van der Waals surface area contributed by atoms with Gasteiger partial charge in [-0.2, -0.15) is 18.3 Å². The first-order valence-corrected chi connectivity index (χ1v) is 14.0. The number of hydrogen-bond donors (Lipinski definition) is 1. The fourth-order valence-electron chi connectivity index (χ4n) is 5.87. The van der Waals surface area contributed by atoms with Crippen LogP contribution in [0.4, 0.5) is 13.2 Å². The molecule has 0 spiro atoms.